The number of carbonyl (C=O) groups is 1. The first-order valence-corrected chi connectivity index (χ1v) is 6.83. The van der Waals surface area contributed by atoms with Gasteiger partial charge in [0.15, 0.2) is 0 Å². The minimum absolute atomic E-state index is 0.154. The van der Waals surface area contributed by atoms with Gasteiger partial charge in [0, 0.05) is 25.6 Å². The standard InChI is InChI=1S/C15H22N2O/c1-3-12(4-2)15(18)17-8-11-5-6-13-9-16-10-14(13)7-11/h5-7,12,16H,3-4,8-10H2,1-2H3,(H,17,18). The van der Waals surface area contributed by atoms with Gasteiger partial charge in [-0.3, -0.25) is 4.79 Å². The van der Waals surface area contributed by atoms with Gasteiger partial charge < -0.3 is 10.6 Å². The van der Waals surface area contributed by atoms with Crippen molar-refractivity contribution in [2.24, 2.45) is 5.92 Å². The van der Waals surface area contributed by atoms with Gasteiger partial charge in [-0.1, -0.05) is 32.0 Å². The van der Waals surface area contributed by atoms with Crippen LogP contribution in [0.5, 0.6) is 0 Å². The van der Waals surface area contributed by atoms with Crippen LogP contribution >= 0.6 is 0 Å². The van der Waals surface area contributed by atoms with E-state index in [1.54, 1.807) is 0 Å². The lowest BCUT2D eigenvalue weighted by Gasteiger charge is -2.13. The summed E-state index contributed by atoms with van der Waals surface area (Å²) in [5.41, 5.74) is 3.94. The molecular formula is C15H22N2O. The van der Waals surface area contributed by atoms with Crippen molar-refractivity contribution >= 4 is 5.91 Å². The monoisotopic (exact) mass is 246 g/mol. The van der Waals surface area contributed by atoms with Crippen molar-refractivity contribution in [2.75, 3.05) is 0 Å². The second kappa shape index (κ2) is 6.01. The molecule has 1 amide bonds. The average Bonchev–Trinajstić information content (AvgIpc) is 2.85. The van der Waals surface area contributed by atoms with Crippen molar-refractivity contribution in [3.63, 3.8) is 0 Å². The third-order valence-electron chi connectivity index (χ3n) is 3.72. The van der Waals surface area contributed by atoms with Crippen molar-refractivity contribution in [2.45, 2.75) is 46.3 Å². The van der Waals surface area contributed by atoms with Gasteiger partial charge in [-0.25, -0.2) is 0 Å². The molecule has 0 atom stereocenters. The Balaban J connectivity index is 1.92. The van der Waals surface area contributed by atoms with E-state index in [1.165, 1.54) is 16.7 Å². The predicted molar refractivity (Wildman–Crippen MR) is 72.9 cm³/mol. The van der Waals surface area contributed by atoms with Crippen molar-refractivity contribution in [1.82, 2.24) is 10.6 Å². The second-order valence-electron chi connectivity index (χ2n) is 4.94. The van der Waals surface area contributed by atoms with Crippen molar-refractivity contribution in [3.8, 4) is 0 Å². The molecule has 2 N–H and O–H groups in total. The molecule has 0 radical (unpaired) electrons. The summed E-state index contributed by atoms with van der Waals surface area (Å²) in [4.78, 5) is 11.9. The van der Waals surface area contributed by atoms with Crippen LogP contribution in [0.25, 0.3) is 0 Å². The normalized spacial score (nSPS) is 13.7. The third kappa shape index (κ3) is 2.91. The van der Waals surface area contributed by atoms with Crippen LogP contribution in [0.4, 0.5) is 0 Å². The molecule has 1 aromatic rings. The number of benzene rings is 1. The average molecular weight is 246 g/mol. The molecule has 1 aliphatic rings. The van der Waals surface area contributed by atoms with E-state index in [0.717, 1.165) is 25.9 Å². The zero-order valence-corrected chi connectivity index (χ0v) is 11.3. The van der Waals surface area contributed by atoms with Crippen LogP contribution in [0.15, 0.2) is 18.2 Å². The first kappa shape index (κ1) is 13.1. The number of amides is 1. The number of nitrogens with one attached hydrogen (secondary N) is 2. The number of hydrogen-bond donors (Lipinski definition) is 2. The molecule has 0 saturated carbocycles. The Labute approximate surface area is 109 Å². The van der Waals surface area contributed by atoms with Gasteiger partial charge in [-0.2, -0.15) is 0 Å². The Kier molecular flexibility index (Phi) is 4.37. The Hall–Kier alpha value is -1.35. The molecule has 98 valence electrons. The van der Waals surface area contributed by atoms with E-state index < -0.39 is 0 Å². The molecule has 0 aromatic heterocycles. The van der Waals surface area contributed by atoms with Gasteiger partial charge >= 0.3 is 0 Å². The highest BCUT2D eigenvalue weighted by Crippen LogP contribution is 2.17. The zero-order valence-electron chi connectivity index (χ0n) is 11.3. The summed E-state index contributed by atoms with van der Waals surface area (Å²) < 4.78 is 0. The largest absolute Gasteiger partial charge is 0.352 e. The maximum atomic E-state index is 11.9. The summed E-state index contributed by atoms with van der Waals surface area (Å²) in [6.45, 7) is 6.69. The van der Waals surface area contributed by atoms with Crippen molar-refractivity contribution < 1.29 is 4.79 Å². The lowest BCUT2D eigenvalue weighted by atomic mass is 10.0. The van der Waals surface area contributed by atoms with E-state index in [2.05, 4.69) is 42.7 Å². The van der Waals surface area contributed by atoms with Crippen molar-refractivity contribution in [3.05, 3.63) is 34.9 Å². The lowest BCUT2D eigenvalue weighted by Crippen LogP contribution is -2.29. The summed E-state index contributed by atoms with van der Waals surface area (Å²) in [5, 5.41) is 6.36. The Morgan fingerprint density at radius 3 is 2.72 bits per heavy atom. The summed E-state index contributed by atoms with van der Waals surface area (Å²) in [6, 6.07) is 6.47. The maximum Gasteiger partial charge on any atom is 0.223 e. The zero-order chi connectivity index (χ0) is 13.0. The molecule has 2 rings (SSSR count). The summed E-state index contributed by atoms with van der Waals surface area (Å²) in [7, 11) is 0. The third-order valence-corrected chi connectivity index (χ3v) is 3.72. The Bertz CT molecular complexity index is 425. The second-order valence-corrected chi connectivity index (χ2v) is 4.94. The highest BCUT2D eigenvalue weighted by atomic mass is 16.1. The molecule has 0 fully saturated rings. The molecule has 3 heteroatoms. The summed E-state index contributed by atoms with van der Waals surface area (Å²) in [5.74, 6) is 0.333. The molecule has 0 spiro atoms. The molecular weight excluding hydrogens is 224 g/mol. The predicted octanol–water partition coefficient (Wildman–Crippen LogP) is 2.34. The molecule has 3 nitrogen and oxygen atoms in total. The van der Waals surface area contributed by atoms with Crippen LogP contribution in [0.2, 0.25) is 0 Å². The Morgan fingerprint density at radius 2 is 2.00 bits per heavy atom. The number of fused-ring (bicyclic) bond motifs is 1. The molecule has 0 unspecified atom stereocenters. The molecule has 0 saturated heterocycles. The van der Waals surface area contributed by atoms with E-state index in [-0.39, 0.29) is 11.8 Å². The van der Waals surface area contributed by atoms with Crippen LogP contribution < -0.4 is 10.6 Å². The minimum Gasteiger partial charge on any atom is -0.352 e. The van der Waals surface area contributed by atoms with Gasteiger partial charge in [0.1, 0.15) is 0 Å². The molecule has 0 aliphatic carbocycles. The highest BCUT2D eigenvalue weighted by molar-refractivity contribution is 5.78. The number of rotatable bonds is 5. The minimum atomic E-state index is 0.154. The molecule has 1 heterocycles. The highest BCUT2D eigenvalue weighted by Gasteiger charge is 2.14. The van der Waals surface area contributed by atoms with E-state index in [1.807, 2.05) is 0 Å². The van der Waals surface area contributed by atoms with Gasteiger partial charge in [-0.05, 0) is 29.5 Å². The lowest BCUT2D eigenvalue weighted by molar-refractivity contribution is -0.125. The van der Waals surface area contributed by atoms with E-state index in [9.17, 15) is 4.79 Å². The van der Waals surface area contributed by atoms with Crippen LogP contribution in [0.3, 0.4) is 0 Å². The number of carbonyl (C=O) groups excluding carboxylic acids is 1. The van der Waals surface area contributed by atoms with E-state index >= 15 is 0 Å². The molecule has 1 aliphatic heterocycles. The summed E-state index contributed by atoms with van der Waals surface area (Å²) in [6.07, 6.45) is 1.83. The molecule has 0 bridgehead atoms. The van der Waals surface area contributed by atoms with Gasteiger partial charge in [0.25, 0.3) is 0 Å². The smallest absolute Gasteiger partial charge is 0.223 e. The van der Waals surface area contributed by atoms with Crippen molar-refractivity contribution in [1.29, 1.82) is 0 Å². The first-order chi connectivity index (χ1) is 8.74. The molecule has 1 aromatic carbocycles. The Morgan fingerprint density at radius 1 is 1.28 bits per heavy atom. The van der Waals surface area contributed by atoms with E-state index in [4.69, 9.17) is 0 Å². The number of hydrogen-bond acceptors (Lipinski definition) is 2. The van der Waals surface area contributed by atoms with Crippen LogP contribution in [-0.4, -0.2) is 5.91 Å². The van der Waals surface area contributed by atoms with Crippen LogP contribution in [0, 0.1) is 5.92 Å². The van der Waals surface area contributed by atoms with Gasteiger partial charge in [0.2, 0.25) is 5.91 Å². The fraction of sp³-hybridized carbons (Fsp3) is 0.533. The SMILES string of the molecule is CCC(CC)C(=O)NCc1ccc2c(c1)CNC2. The maximum absolute atomic E-state index is 11.9. The molecule has 18 heavy (non-hydrogen) atoms. The van der Waals surface area contributed by atoms with Crippen LogP contribution in [-0.2, 0) is 24.4 Å². The fourth-order valence-electron chi connectivity index (χ4n) is 2.45. The van der Waals surface area contributed by atoms with Crippen LogP contribution in [0.1, 0.15) is 43.4 Å². The van der Waals surface area contributed by atoms with Gasteiger partial charge in [0.05, 0.1) is 0 Å². The van der Waals surface area contributed by atoms with Gasteiger partial charge in [-0.15, -0.1) is 0 Å². The quantitative estimate of drug-likeness (QED) is 0.837. The topological polar surface area (TPSA) is 41.1 Å². The fourth-order valence-corrected chi connectivity index (χ4v) is 2.45. The summed E-state index contributed by atoms with van der Waals surface area (Å²) >= 11 is 0. The van der Waals surface area contributed by atoms with E-state index in [0.29, 0.717) is 6.54 Å². The first-order valence-electron chi connectivity index (χ1n) is 6.83.